The van der Waals surface area contributed by atoms with Crippen molar-refractivity contribution >= 4 is 17.8 Å². The van der Waals surface area contributed by atoms with Crippen LogP contribution < -0.4 is 0 Å². The van der Waals surface area contributed by atoms with Crippen LogP contribution in [-0.2, 0) is 9.59 Å². The number of likely N-dealkylation sites (tertiary alicyclic amines) is 1. The highest BCUT2D eigenvalue weighted by atomic mass is 16.4. The molecule has 1 fully saturated rings. The number of carbonyl (C=O) groups excluding carboxylic acids is 1. The molecule has 6 nitrogen and oxygen atoms in total. The molecule has 0 aromatic carbocycles. The van der Waals surface area contributed by atoms with E-state index in [0.717, 1.165) is 0 Å². The summed E-state index contributed by atoms with van der Waals surface area (Å²) < 4.78 is 0. The van der Waals surface area contributed by atoms with E-state index in [1.807, 2.05) is 0 Å². The average Bonchev–Trinajstić information content (AvgIpc) is 2.31. The largest absolute Gasteiger partial charge is 0.480 e. The van der Waals surface area contributed by atoms with Crippen LogP contribution in [0.4, 0.5) is 4.79 Å². The SMILES string of the molecule is O=C1C[C@@H](C(=O)O)N(C(=O)O)C1. The van der Waals surface area contributed by atoms with E-state index in [9.17, 15) is 14.4 Å². The van der Waals surface area contributed by atoms with E-state index in [1.165, 1.54) is 0 Å². The van der Waals surface area contributed by atoms with Crippen LogP contribution in [0.1, 0.15) is 6.42 Å². The number of hydrogen-bond donors (Lipinski definition) is 2. The lowest BCUT2D eigenvalue weighted by atomic mass is 10.2. The molecule has 0 saturated carbocycles. The molecule has 0 aromatic heterocycles. The van der Waals surface area contributed by atoms with Gasteiger partial charge >= 0.3 is 12.1 Å². The summed E-state index contributed by atoms with van der Waals surface area (Å²) in [7, 11) is 0. The summed E-state index contributed by atoms with van der Waals surface area (Å²) in [5.41, 5.74) is 0. The molecule has 6 heteroatoms. The van der Waals surface area contributed by atoms with E-state index in [-0.39, 0.29) is 18.7 Å². The number of carboxylic acid groups (broad SMARTS) is 2. The van der Waals surface area contributed by atoms with Gasteiger partial charge in [0.25, 0.3) is 0 Å². The molecule has 12 heavy (non-hydrogen) atoms. The molecule has 1 aliphatic rings. The maximum atomic E-state index is 10.7. The van der Waals surface area contributed by atoms with E-state index in [1.54, 1.807) is 0 Å². The van der Waals surface area contributed by atoms with Crippen LogP contribution >= 0.6 is 0 Å². The fourth-order valence-corrected chi connectivity index (χ4v) is 1.11. The van der Waals surface area contributed by atoms with Gasteiger partial charge in [-0.25, -0.2) is 9.59 Å². The molecule has 0 unspecified atom stereocenters. The molecule has 0 aromatic rings. The van der Waals surface area contributed by atoms with E-state index >= 15 is 0 Å². The van der Waals surface area contributed by atoms with Gasteiger partial charge < -0.3 is 10.2 Å². The van der Waals surface area contributed by atoms with Crippen LogP contribution in [0.2, 0.25) is 0 Å². The normalized spacial score (nSPS) is 22.8. The Morgan fingerprint density at radius 2 is 2.00 bits per heavy atom. The summed E-state index contributed by atoms with van der Waals surface area (Å²) in [5.74, 6) is -1.63. The Hall–Kier alpha value is -1.59. The average molecular weight is 173 g/mol. The second kappa shape index (κ2) is 2.80. The van der Waals surface area contributed by atoms with Crippen molar-refractivity contribution < 1.29 is 24.6 Å². The van der Waals surface area contributed by atoms with Crippen LogP contribution in [0.25, 0.3) is 0 Å². The van der Waals surface area contributed by atoms with E-state index in [0.29, 0.717) is 4.90 Å². The van der Waals surface area contributed by atoms with Gasteiger partial charge in [0, 0.05) is 6.42 Å². The molecule has 0 bridgehead atoms. The zero-order valence-corrected chi connectivity index (χ0v) is 6.06. The lowest BCUT2D eigenvalue weighted by Gasteiger charge is -2.15. The molecule has 0 spiro atoms. The van der Waals surface area contributed by atoms with Gasteiger partial charge in [0.2, 0.25) is 0 Å². The van der Waals surface area contributed by atoms with Crippen LogP contribution in [-0.4, -0.2) is 45.5 Å². The van der Waals surface area contributed by atoms with Crippen molar-refractivity contribution in [2.45, 2.75) is 12.5 Å². The second-order valence-electron chi connectivity index (χ2n) is 2.51. The van der Waals surface area contributed by atoms with E-state index in [4.69, 9.17) is 10.2 Å². The van der Waals surface area contributed by atoms with Gasteiger partial charge in [-0.1, -0.05) is 0 Å². The fraction of sp³-hybridized carbons (Fsp3) is 0.500. The predicted molar refractivity (Wildman–Crippen MR) is 35.8 cm³/mol. The number of carbonyl (C=O) groups is 3. The van der Waals surface area contributed by atoms with Crippen molar-refractivity contribution in [2.24, 2.45) is 0 Å². The summed E-state index contributed by atoms with van der Waals surface area (Å²) in [6.45, 7) is -0.313. The Morgan fingerprint density at radius 1 is 1.42 bits per heavy atom. The first-order chi connectivity index (χ1) is 5.52. The molecule has 1 aliphatic heterocycles. The van der Waals surface area contributed by atoms with Crippen LogP contribution in [0.3, 0.4) is 0 Å². The van der Waals surface area contributed by atoms with Crippen LogP contribution in [0, 0.1) is 0 Å². The third-order valence-corrected chi connectivity index (χ3v) is 1.67. The zero-order chi connectivity index (χ0) is 9.30. The number of carboxylic acids is 1. The zero-order valence-electron chi connectivity index (χ0n) is 6.06. The topological polar surface area (TPSA) is 94.9 Å². The predicted octanol–water partition coefficient (Wildman–Crippen LogP) is -0.608. The van der Waals surface area contributed by atoms with Crippen LogP contribution in [0.15, 0.2) is 0 Å². The molecule has 2 N–H and O–H groups in total. The first-order valence-electron chi connectivity index (χ1n) is 3.26. The Labute approximate surface area is 67.4 Å². The van der Waals surface area contributed by atoms with Gasteiger partial charge in [0.05, 0.1) is 6.54 Å². The summed E-state index contributed by atoms with van der Waals surface area (Å²) in [4.78, 5) is 32.1. The maximum absolute atomic E-state index is 10.7. The highest BCUT2D eigenvalue weighted by Crippen LogP contribution is 2.14. The van der Waals surface area contributed by atoms with Gasteiger partial charge in [0.15, 0.2) is 5.78 Å². The van der Waals surface area contributed by atoms with Gasteiger partial charge in [-0.05, 0) is 0 Å². The number of aliphatic carboxylic acids is 1. The van der Waals surface area contributed by atoms with Crippen molar-refractivity contribution in [1.29, 1.82) is 0 Å². The first kappa shape index (κ1) is 8.51. The van der Waals surface area contributed by atoms with Gasteiger partial charge in [-0.3, -0.25) is 9.69 Å². The number of rotatable bonds is 1. The molecule has 1 heterocycles. The molecule has 1 amide bonds. The van der Waals surface area contributed by atoms with Crippen molar-refractivity contribution in [3.8, 4) is 0 Å². The Balaban J connectivity index is 2.79. The minimum Gasteiger partial charge on any atom is -0.480 e. The molecule has 1 atom stereocenters. The molecule has 1 rings (SSSR count). The number of Topliss-reactive ketones (excluding diaryl/α,β-unsaturated/α-hetero) is 1. The summed E-state index contributed by atoms with van der Waals surface area (Å²) in [6, 6.07) is -1.20. The first-order valence-corrected chi connectivity index (χ1v) is 3.26. The highest BCUT2D eigenvalue weighted by molar-refractivity contribution is 5.94. The van der Waals surface area contributed by atoms with Crippen molar-refractivity contribution in [1.82, 2.24) is 4.90 Å². The number of ketones is 1. The quantitative estimate of drug-likeness (QED) is 0.551. The Kier molecular flexibility index (Phi) is 1.99. The molecular formula is C6H7NO5. The van der Waals surface area contributed by atoms with Gasteiger partial charge in [0.1, 0.15) is 6.04 Å². The number of amides is 1. The molecule has 1 saturated heterocycles. The standard InChI is InChI=1S/C6H7NO5/c8-3-1-4(5(9)10)7(2-3)6(11)12/h4H,1-2H2,(H,9,10)(H,11,12)/t4-/m0/s1. The number of nitrogens with zero attached hydrogens (tertiary/aromatic N) is 1. The summed E-state index contributed by atoms with van der Waals surface area (Å²) >= 11 is 0. The van der Waals surface area contributed by atoms with E-state index in [2.05, 4.69) is 0 Å². The van der Waals surface area contributed by atoms with Crippen LogP contribution in [0.5, 0.6) is 0 Å². The smallest absolute Gasteiger partial charge is 0.408 e. The Bertz CT molecular complexity index is 224. The van der Waals surface area contributed by atoms with Crippen molar-refractivity contribution in [3.05, 3.63) is 0 Å². The lowest BCUT2D eigenvalue weighted by Crippen LogP contribution is -2.39. The lowest BCUT2D eigenvalue weighted by molar-refractivity contribution is -0.141. The Morgan fingerprint density at radius 3 is 2.33 bits per heavy atom. The highest BCUT2D eigenvalue weighted by Gasteiger charge is 2.38. The maximum Gasteiger partial charge on any atom is 0.408 e. The summed E-state index contributed by atoms with van der Waals surface area (Å²) in [6.07, 6.45) is -1.59. The molecule has 0 radical (unpaired) electrons. The molecular weight excluding hydrogens is 166 g/mol. The van der Waals surface area contributed by atoms with Gasteiger partial charge in [-0.2, -0.15) is 0 Å². The van der Waals surface area contributed by atoms with Crippen molar-refractivity contribution in [3.63, 3.8) is 0 Å². The number of hydrogen-bond acceptors (Lipinski definition) is 3. The summed E-state index contributed by atoms with van der Waals surface area (Å²) in [5, 5.41) is 17.0. The minimum atomic E-state index is -1.37. The molecule has 0 aliphatic carbocycles. The molecule has 66 valence electrons. The second-order valence-corrected chi connectivity index (χ2v) is 2.51. The van der Waals surface area contributed by atoms with Gasteiger partial charge in [-0.15, -0.1) is 0 Å². The monoisotopic (exact) mass is 173 g/mol. The third kappa shape index (κ3) is 1.36. The minimum absolute atomic E-state index is 0.221. The van der Waals surface area contributed by atoms with Crippen molar-refractivity contribution in [2.75, 3.05) is 6.54 Å². The third-order valence-electron chi connectivity index (χ3n) is 1.67. The fourth-order valence-electron chi connectivity index (χ4n) is 1.11. The van der Waals surface area contributed by atoms with E-state index < -0.39 is 18.1 Å².